The van der Waals surface area contributed by atoms with Crippen LogP contribution >= 0.6 is 0 Å². The molecule has 2 rings (SSSR count). The summed E-state index contributed by atoms with van der Waals surface area (Å²) in [6, 6.07) is 10.7. The lowest BCUT2D eigenvalue weighted by Gasteiger charge is -2.18. The zero-order valence-corrected chi connectivity index (χ0v) is 11.5. The van der Waals surface area contributed by atoms with E-state index in [9.17, 15) is 0 Å². The molecule has 102 valence electrons. The van der Waals surface area contributed by atoms with Crippen LogP contribution in [-0.4, -0.2) is 29.5 Å². The molecule has 1 atom stereocenters. The fourth-order valence-electron chi connectivity index (χ4n) is 2.00. The lowest BCUT2D eigenvalue weighted by molar-refractivity contribution is 0.191. The minimum atomic E-state index is 0.388. The van der Waals surface area contributed by atoms with Gasteiger partial charge in [0.05, 0.1) is 6.54 Å². The molecule has 1 heterocycles. The van der Waals surface area contributed by atoms with Crippen LogP contribution in [0.4, 0.5) is 5.69 Å². The summed E-state index contributed by atoms with van der Waals surface area (Å²) < 4.78 is 7.04. The predicted octanol–water partition coefficient (Wildman–Crippen LogP) is 2.77. The Bertz CT molecular complexity index is 482. The third-order valence-corrected chi connectivity index (χ3v) is 3.07. The highest BCUT2D eigenvalue weighted by atomic mass is 16.5. The van der Waals surface area contributed by atoms with Crippen molar-refractivity contribution >= 4 is 5.69 Å². The summed E-state index contributed by atoms with van der Waals surface area (Å²) in [5.74, 6) is 0. The number of ether oxygens (including phenoxy) is 1. The number of methoxy groups -OCH3 is 1. The largest absolute Gasteiger partial charge is 0.385 e. The van der Waals surface area contributed by atoms with Crippen molar-refractivity contribution < 1.29 is 4.74 Å². The first-order chi connectivity index (χ1) is 9.29. The van der Waals surface area contributed by atoms with Gasteiger partial charge in [0.15, 0.2) is 0 Å². The van der Waals surface area contributed by atoms with Crippen LogP contribution < -0.4 is 5.32 Å². The number of anilines is 1. The van der Waals surface area contributed by atoms with Gasteiger partial charge in [0.1, 0.15) is 0 Å². The fourth-order valence-corrected chi connectivity index (χ4v) is 2.00. The lowest BCUT2D eigenvalue weighted by Crippen LogP contribution is -2.18. The van der Waals surface area contributed by atoms with E-state index in [2.05, 4.69) is 41.6 Å². The Morgan fingerprint density at radius 2 is 2.16 bits per heavy atom. The highest BCUT2D eigenvalue weighted by Crippen LogP contribution is 2.17. The molecule has 0 spiro atoms. The van der Waals surface area contributed by atoms with Crippen LogP contribution in [0.5, 0.6) is 0 Å². The number of hydrogen-bond donors (Lipinski definition) is 1. The lowest BCUT2D eigenvalue weighted by atomic mass is 10.1. The highest BCUT2D eigenvalue weighted by Gasteiger charge is 2.06. The summed E-state index contributed by atoms with van der Waals surface area (Å²) in [4.78, 5) is 0. The number of nitrogens with one attached hydrogen (secondary N) is 1. The second kappa shape index (κ2) is 6.95. The van der Waals surface area contributed by atoms with Crippen LogP contribution in [0.15, 0.2) is 42.7 Å². The molecule has 4 heteroatoms. The van der Waals surface area contributed by atoms with Crippen molar-refractivity contribution in [2.75, 3.05) is 19.0 Å². The van der Waals surface area contributed by atoms with Gasteiger partial charge < -0.3 is 10.1 Å². The molecule has 0 fully saturated rings. The molecule has 2 aromatic rings. The summed E-state index contributed by atoms with van der Waals surface area (Å²) >= 11 is 0. The van der Waals surface area contributed by atoms with Gasteiger partial charge in [-0.15, -0.1) is 0 Å². The first-order valence-electron chi connectivity index (χ1n) is 6.60. The van der Waals surface area contributed by atoms with Crippen molar-refractivity contribution in [2.24, 2.45) is 0 Å². The Labute approximate surface area is 114 Å². The SMILES string of the molecule is COCCC(C)Nc1ccccc1Cn1cccn1. The van der Waals surface area contributed by atoms with Crippen LogP contribution in [0.2, 0.25) is 0 Å². The van der Waals surface area contributed by atoms with Crippen LogP contribution in [0.1, 0.15) is 18.9 Å². The number of rotatable bonds is 7. The summed E-state index contributed by atoms with van der Waals surface area (Å²) in [6.07, 6.45) is 4.77. The van der Waals surface area contributed by atoms with Gasteiger partial charge in [-0.1, -0.05) is 18.2 Å². The van der Waals surface area contributed by atoms with Gasteiger partial charge >= 0.3 is 0 Å². The Morgan fingerprint density at radius 3 is 2.89 bits per heavy atom. The van der Waals surface area contributed by atoms with Gasteiger partial charge in [0.2, 0.25) is 0 Å². The van der Waals surface area contributed by atoms with Crippen molar-refractivity contribution in [3.63, 3.8) is 0 Å². The average Bonchev–Trinajstić information content (AvgIpc) is 2.91. The smallest absolute Gasteiger partial charge is 0.0679 e. The summed E-state index contributed by atoms with van der Waals surface area (Å²) in [6.45, 7) is 3.73. The molecule has 1 unspecified atom stereocenters. The quantitative estimate of drug-likeness (QED) is 0.831. The number of benzene rings is 1. The van der Waals surface area contributed by atoms with Gasteiger partial charge in [-0.2, -0.15) is 5.10 Å². The zero-order valence-electron chi connectivity index (χ0n) is 11.5. The maximum absolute atomic E-state index is 5.11. The molecule has 1 aromatic carbocycles. The third kappa shape index (κ3) is 4.10. The van der Waals surface area contributed by atoms with Crippen LogP contribution in [0.3, 0.4) is 0 Å². The summed E-state index contributed by atoms with van der Waals surface area (Å²) in [5, 5.41) is 7.79. The van der Waals surface area contributed by atoms with E-state index >= 15 is 0 Å². The van der Waals surface area contributed by atoms with Crippen molar-refractivity contribution in [1.29, 1.82) is 0 Å². The second-order valence-electron chi connectivity index (χ2n) is 4.69. The molecule has 0 saturated carbocycles. The number of aromatic nitrogens is 2. The van der Waals surface area contributed by atoms with Gasteiger partial charge in [-0.25, -0.2) is 0 Å². The Kier molecular flexibility index (Phi) is 4.98. The molecule has 0 radical (unpaired) electrons. The first-order valence-corrected chi connectivity index (χ1v) is 6.60. The topological polar surface area (TPSA) is 39.1 Å². The maximum atomic E-state index is 5.11. The van der Waals surface area contributed by atoms with Crippen molar-refractivity contribution in [1.82, 2.24) is 9.78 Å². The average molecular weight is 259 g/mol. The van der Waals surface area contributed by atoms with Gasteiger partial charge in [0.25, 0.3) is 0 Å². The van der Waals surface area contributed by atoms with Crippen LogP contribution in [0.25, 0.3) is 0 Å². The molecule has 1 N–H and O–H groups in total. The number of hydrogen-bond acceptors (Lipinski definition) is 3. The Balaban J connectivity index is 2.03. The van der Waals surface area contributed by atoms with E-state index in [0.29, 0.717) is 6.04 Å². The molecule has 1 aromatic heterocycles. The molecule has 0 aliphatic carbocycles. The standard InChI is InChI=1S/C15H21N3O/c1-13(8-11-19-2)17-15-7-4-3-6-14(15)12-18-10-5-9-16-18/h3-7,9-10,13,17H,8,11-12H2,1-2H3. The van der Waals surface area contributed by atoms with Gasteiger partial charge in [-0.3, -0.25) is 4.68 Å². The van der Waals surface area contributed by atoms with E-state index in [1.807, 2.05) is 16.9 Å². The highest BCUT2D eigenvalue weighted by molar-refractivity contribution is 5.51. The van der Waals surface area contributed by atoms with Crippen LogP contribution in [-0.2, 0) is 11.3 Å². The molecule has 0 aliphatic rings. The molecule has 0 saturated heterocycles. The number of nitrogens with zero attached hydrogens (tertiary/aromatic N) is 2. The van der Waals surface area contributed by atoms with E-state index in [4.69, 9.17) is 4.74 Å². The molecular weight excluding hydrogens is 238 g/mol. The summed E-state index contributed by atoms with van der Waals surface area (Å²) in [7, 11) is 1.73. The van der Waals surface area contributed by atoms with E-state index in [1.165, 1.54) is 11.3 Å². The first kappa shape index (κ1) is 13.6. The summed E-state index contributed by atoms with van der Waals surface area (Å²) in [5.41, 5.74) is 2.41. The van der Waals surface area contributed by atoms with E-state index in [0.717, 1.165) is 19.6 Å². The number of para-hydroxylation sites is 1. The molecule has 0 bridgehead atoms. The van der Waals surface area contributed by atoms with E-state index in [-0.39, 0.29) is 0 Å². The van der Waals surface area contributed by atoms with Gasteiger partial charge in [-0.05, 0) is 31.0 Å². The third-order valence-electron chi connectivity index (χ3n) is 3.07. The Hall–Kier alpha value is -1.81. The molecule has 0 aliphatic heterocycles. The van der Waals surface area contributed by atoms with Crippen molar-refractivity contribution in [3.05, 3.63) is 48.3 Å². The molecular formula is C15H21N3O. The minimum Gasteiger partial charge on any atom is -0.385 e. The second-order valence-corrected chi connectivity index (χ2v) is 4.69. The van der Waals surface area contributed by atoms with Crippen LogP contribution in [0, 0.1) is 0 Å². The maximum Gasteiger partial charge on any atom is 0.0679 e. The monoisotopic (exact) mass is 259 g/mol. The fraction of sp³-hybridized carbons (Fsp3) is 0.400. The van der Waals surface area contributed by atoms with E-state index < -0.39 is 0 Å². The molecule has 0 amide bonds. The normalized spacial score (nSPS) is 12.3. The van der Waals surface area contributed by atoms with Crippen molar-refractivity contribution in [3.8, 4) is 0 Å². The minimum absolute atomic E-state index is 0.388. The van der Waals surface area contributed by atoms with E-state index in [1.54, 1.807) is 13.3 Å². The van der Waals surface area contributed by atoms with Gasteiger partial charge in [0, 0.05) is 37.8 Å². The zero-order chi connectivity index (χ0) is 13.5. The van der Waals surface area contributed by atoms with Crippen molar-refractivity contribution in [2.45, 2.75) is 25.9 Å². The predicted molar refractivity (Wildman–Crippen MR) is 77.3 cm³/mol. The molecule has 4 nitrogen and oxygen atoms in total. The molecule has 19 heavy (non-hydrogen) atoms. The Morgan fingerprint density at radius 1 is 1.32 bits per heavy atom.